The molecule has 0 aliphatic carbocycles. The zero-order chi connectivity index (χ0) is 20.5. The molecule has 0 spiro atoms. The number of carbonyl (C=O) groups excluding carboxylic acids is 1. The quantitative estimate of drug-likeness (QED) is 0.676. The fourth-order valence-corrected chi connectivity index (χ4v) is 4.54. The number of likely N-dealkylation sites (tertiary alicyclic amines) is 1. The van der Waals surface area contributed by atoms with Crippen molar-refractivity contribution in [2.45, 2.75) is 32.4 Å². The molecule has 0 saturated carbocycles. The molecule has 5 rings (SSSR count). The summed E-state index contributed by atoms with van der Waals surface area (Å²) in [6.07, 6.45) is 2.85. The minimum atomic E-state index is -0.00303. The van der Waals surface area contributed by atoms with Crippen LogP contribution in [0, 0.1) is 0 Å². The summed E-state index contributed by atoms with van der Waals surface area (Å²) in [5.41, 5.74) is 2.53. The highest BCUT2D eigenvalue weighted by Crippen LogP contribution is 2.18. The number of carbonyl (C=O) groups is 1. The summed E-state index contributed by atoms with van der Waals surface area (Å²) in [4.78, 5) is 35.0. The van der Waals surface area contributed by atoms with E-state index in [0.29, 0.717) is 23.0 Å². The van der Waals surface area contributed by atoms with Gasteiger partial charge in [0.05, 0.1) is 10.9 Å². The number of amides is 1. The molecule has 1 aromatic heterocycles. The third-order valence-corrected chi connectivity index (χ3v) is 6.22. The Labute approximate surface area is 175 Å². The fraction of sp³-hybridized carbons (Fsp3) is 0.375. The predicted molar refractivity (Wildman–Crippen MR) is 117 cm³/mol. The highest BCUT2D eigenvalue weighted by atomic mass is 16.2. The minimum Gasteiger partial charge on any atom is -0.339 e. The van der Waals surface area contributed by atoms with Gasteiger partial charge < -0.3 is 4.90 Å². The van der Waals surface area contributed by atoms with Crippen LogP contribution in [0.25, 0.3) is 10.9 Å². The van der Waals surface area contributed by atoms with Crippen LogP contribution in [0.3, 0.4) is 0 Å². The third-order valence-electron chi connectivity index (χ3n) is 6.22. The molecule has 2 aliphatic heterocycles. The summed E-state index contributed by atoms with van der Waals surface area (Å²) in [5, 5.41) is 0.591. The Morgan fingerprint density at radius 1 is 0.933 bits per heavy atom. The first-order chi connectivity index (χ1) is 14.7. The Morgan fingerprint density at radius 3 is 2.53 bits per heavy atom. The first kappa shape index (κ1) is 19.0. The van der Waals surface area contributed by atoms with Crippen molar-refractivity contribution in [2.75, 3.05) is 26.2 Å². The Hall–Kier alpha value is -2.99. The number of aromatic nitrogens is 2. The van der Waals surface area contributed by atoms with E-state index >= 15 is 0 Å². The van der Waals surface area contributed by atoms with E-state index in [2.05, 4.69) is 29.2 Å². The van der Waals surface area contributed by atoms with Crippen molar-refractivity contribution in [1.29, 1.82) is 0 Å². The molecule has 1 amide bonds. The van der Waals surface area contributed by atoms with Crippen molar-refractivity contribution in [1.82, 2.24) is 19.4 Å². The van der Waals surface area contributed by atoms with Gasteiger partial charge in [0.15, 0.2) is 0 Å². The molecular formula is C24H26N4O2. The fourth-order valence-electron chi connectivity index (χ4n) is 4.54. The van der Waals surface area contributed by atoms with E-state index < -0.39 is 0 Å². The molecule has 0 bridgehead atoms. The van der Waals surface area contributed by atoms with Gasteiger partial charge in [-0.15, -0.1) is 0 Å². The summed E-state index contributed by atoms with van der Waals surface area (Å²) in [7, 11) is 0. The minimum absolute atomic E-state index is 0.00303. The molecule has 3 aromatic rings. The molecule has 0 unspecified atom stereocenters. The molecule has 1 fully saturated rings. The molecule has 0 radical (unpaired) electrons. The van der Waals surface area contributed by atoms with Gasteiger partial charge >= 0.3 is 0 Å². The van der Waals surface area contributed by atoms with Gasteiger partial charge in [0.1, 0.15) is 5.82 Å². The second kappa shape index (κ2) is 8.03. The highest BCUT2D eigenvalue weighted by Gasteiger charge is 2.22. The van der Waals surface area contributed by atoms with Gasteiger partial charge in [-0.2, -0.15) is 0 Å². The summed E-state index contributed by atoms with van der Waals surface area (Å²) < 4.78 is 1.81. The number of nitrogens with zero attached hydrogens (tertiary/aromatic N) is 4. The van der Waals surface area contributed by atoms with Crippen molar-refractivity contribution < 1.29 is 4.79 Å². The van der Waals surface area contributed by atoms with Crippen LogP contribution in [0.1, 0.15) is 34.6 Å². The van der Waals surface area contributed by atoms with Crippen molar-refractivity contribution >= 4 is 16.8 Å². The summed E-state index contributed by atoms with van der Waals surface area (Å²) in [6.45, 7) is 4.82. The van der Waals surface area contributed by atoms with E-state index in [1.807, 2.05) is 15.5 Å². The molecule has 2 aliphatic rings. The molecule has 2 aromatic carbocycles. The van der Waals surface area contributed by atoms with Gasteiger partial charge in [0.2, 0.25) is 0 Å². The molecule has 6 nitrogen and oxygen atoms in total. The topological polar surface area (TPSA) is 58.4 Å². The zero-order valence-corrected chi connectivity index (χ0v) is 17.1. The Morgan fingerprint density at radius 2 is 1.73 bits per heavy atom. The van der Waals surface area contributed by atoms with Gasteiger partial charge in [-0.1, -0.05) is 30.3 Å². The van der Waals surface area contributed by atoms with E-state index in [1.165, 1.54) is 5.56 Å². The van der Waals surface area contributed by atoms with Crippen LogP contribution in [-0.2, 0) is 19.5 Å². The molecule has 154 valence electrons. The lowest BCUT2D eigenvalue weighted by Crippen LogP contribution is -2.29. The zero-order valence-electron chi connectivity index (χ0n) is 17.1. The summed E-state index contributed by atoms with van der Waals surface area (Å²) in [6, 6.07) is 15.8. The lowest BCUT2D eigenvalue weighted by Gasteiger charge is -2.19. The second-order valence-corrected chi connectivity index (χ2v) is 8.23. The first-order valence-electron chi connectivity index (χ1n) is 10.8. The lowest BCUT2D eigenvalue weighted by atomic mass is 10.1. The Balaban J connectivity index is 1.42. The molecular weight excluding hydrogens is 376 g/mol. The molecule has 0 N–H and O–H groups in total. The van der Waals surface area contributed by atoms with Crippen LogP contribution in [0.5, 0.6) is 0 Å². The standard InChI is InChI=1S/C24H26N4O2/c29-23(27-11-4-5-12-27)19-8-9-20-21(16-19)25-22-10-13-26(14-15-28(22)24(20)30)17-18-6-2-1-3-7-18/h1-3,6-9,16H,4-5,10-15,17H2. The van der Waals surface area contributed by atoms with Crippen LogP contribution in [0.4, 0.5) is 0 Å². The maximum Gasteiger partial charge on any atom is 0.261 e. The van der Waals surface area contributed by atoms with Crippen LogP contribution in [0.2, 0.25) is 0 Å². The van der Waals surface area contributed by atoms with E-state index in [4.69, 9.17) is 4.98 Å². The van der Waals surface area contributed by atoms with Crippen LogP contribution in [0.15, 0.2) is 53.3 Å². The number of benzene rings is 2. The first-order valence-corrected chi connectivity index (χ1v) is 10.8. The van der Waals surface area contributed by atoms with E-state index in [-0.39, 0.29) is 11.5 Å². The van der Waals surface area contributed by atoms with Gasteiger partial charge in [-0.25, -0.2) is 4.98 Å². The molecule has 1 saturated heterocycles. The third kappa shape index (κ3) is 3.63. The van der Waals surface area contributed by atoms with Gasteiger partial charge in [0, 0.05) is 51.3 Å². The number of hydrogen-bond donors (Lipinski definition) is 0. The highest BCUT2D eigenvalue weighted by molar-refractivity contribution is 5.97. The van der Waals surface area contributed by atoms with Crippen LogP contribution >= 0.6 is 0 Å². The predicted octanol–water partition coefficient (Wildman–Crippen LogP) is 2.69. The van der Waals surface area contributed by atoms with Crippen molar-refractivity contribution in [3.63, 3.8) is 0 Å². The summed E-state index contributed by atoms with van der Waals surface area (Å²) >= 11 is 0. The average molecular weight is 402 g/mol. The maximum absolute atomic E-state index is 13.1. The normalized spacial score (nSPS) is 17.1. The van der Waals surface area contributed by atoms with E-state index in [0.717, 1.165) is 57.8 Å². The maximum atomic E-state index is 13.1. The number of hydrogen-bond acceptors (Lipinski definition) is 4. The second-order valence-electron chi connectivity index (χ2n) is 8.23. The van der Waals surface area contributed by atoms with E-state index in [1.54, 1.807) is 18.2 Å². The number of fused-ring (bicyclic) bond motifs is 2. The van der Waals surface area contributed by atoms with Crippen LogP contribution < -0.4 is 5.56 Å². The lowest BCUT2D eigenvalue weighted by molar-refractivity contribution is 0.0793. The summed E-state index contributed by atoms with van der Waals surface area (Å²) in [5.74, 6) is 0.856. The Kier molecular flexibility index (Phi) is 5.09. The van der Waals surface area contributed by atoms with Crippen molar-refractivity contribution in [3.8, 4) is 0 Å². The smallest absolute Gasteiger partial charge is 0.261 e. The molecule has 0 atom stereocenters. The monoisotopic (exact) mass is 402 g/mol. The van der Waals surface area contributed by atoms with E-state index in [9.17, 15) is 9.59 Å². The van der Waals surface area contributed by atoms with Gasteiger partial charge in [0.25, 0.3) is 11.5 Å². The van der Waals surface area contributed by atoms with Gasteiger partial charge in [-0.3, -0.25) is 19.1 Å². The van der Waals surface area contributed by atoms with Crippen molar-refractivity contribution in [2.24, 2.45) is 0 Å². The van der Waals surface area contributed by atoms with Gasteiger partial charge in [-0.05, 0) is 36.6 Å². The Bertz CT molecular complexity index is 1130. The largest absolute Gasteiger partial charge is 0.339 e. The SMILES string of the molecule is O=C(c1ccc2c(=O)n3c(nc2c1)CCN(Cc1ccccc1)CC3)N1CCCC1. The number of rotatable bonds is 3. The molecule has 30 heavy (non-hydrogen) atoms. The van der Waals surface area contributed by atoms with Crippen LogP contribution in [-0.4, -0.2) is 51.4 Å². The molecule has 3 heterocycles. The molecule has 6 heteroatoms. The van der Waals surface area contributed by atoms with Crippen molar-refractivity contribution in [3.05, 3.63) is 75.8 Å². The average Bonchev–Trinajstić information content (AvgIpc) is 3.24.